The van der Waals surface area contributed by atoms with Crippen molar-refractivity contribution in [3.63, 3.8) is 0 Å². The lowest BCUT2D eigenvalue weighted by Gasteiger charge is -2.07. The van der Waals surface area contributed by atoms with E-state index in [4.69, 9.17) is 9.26 Å². The maximum atomic E-state index is 12.4. The van der Waals surface area contributed by atoms with Gasteiger partial charge in [-0.2, -0.15) is 4.98 Å². The molecule has 0 fully saturated rings. The number of rotatable bonds is 8. The first-order valence-electron chi connectivity index (χ1n) is 9.50. The number of amides is 2. The zero-order valence-corrected chi connectivity index (χ0v) is 18.0. The van der Waals surface area contributed by atoms with Crippen molar-refractivity contribution in [1.82, 2.24) is 25.8 Å². The van der Waals surface area contributed by atoms with Crippen LogP contribution in [0.1, 0.15) is 48.3 Å². The third-order valence-corrected chi connectivity index (χ3v) is 5.19. The first-order valence-corrected chi connectivity index (χ1v) is 10.3. The molecular weight excluding hydrogens is 422 g/mol. The van der Waals surface area contributed by atoms with Crippen molar-refractivity contribution in [2.45, 2.75) is 20.8 Å². The molecule has 10 nitrogen and oxygen atoms in total. The maximum Gasteiger partial charge on any atom is 0.350 e. The number of carbonyl (C=O) groups is 3. The van der Waals surface area contributed by atoms with Gasteiger partial charge in [-0.25, -0.2) is 9.78 Å². The Morgan fingerprint density at radius 2 is 1.84 bits per heavy atom. The van der Waals surface area contributed by atoms with Crippen LogP contribution in [0.25, 0.3) is 11.4 Å². The molecule has 11 heteroatoms. The number of aryl methyl sites for hydroxylation is 2. The molecule has 0 atom stereocenters. The van der Waals surface area contributed by atoms with Crippen molar-refractivity contribution in [2.24, 2.45) is 0 Å². The smallest absolute Gasteiger partial charge is 0.350 e. The molecule has 0 aliphatic rings. The first-order chi connectivity index (χ1) is 14.9. The van der Waals surface area contributed by atoms with Crippen LogP contribution in [0.15, 0.2) is 28.8 Å². The van der Waals surface area contributed by atoms with Crippen LogP contribution in [0.3, 0.4) is 0 Å². The molecule has 0 bridgehead atoms. The van der Waals surface area contributed by atoms with E-state index in [1.165, 1.54) is 0 Å². The van der Waals surface area contributed by atoms with Gasteiger partial charge in [0.1, 0.15) is 4.88 Å². The van der Waals surface area contributed by atoms with Crippen LogP contribution in [-0.4, -0.2) is 52.6 Å². The topological polar surface area (TPSA) is 136 Å². The van der Waals surface area contributed by atoms with Crippen LogP contribution in [0.5, 0.6) is 0 Å². The van der Waals surface area contributed by atoms with Gasteiger partial charge in [-0.05, 0) is 26.0 Å². The molecule has 0 unspecified atom stereocenters. The Morgan fingerprint density at radius 3 is 2.52 bits per heavy atom. The van der Waals surface area contributed by atoms with Gasteiger partial charge in [0.2, 0.25) is 11.7 Å². The SMILES string of the molecule is CCOC(=O)c1sc(C(=O)NCCNC(=O)c2cccc(-c3noc(C)n3)c2)nc1C. The lowest BCUT2D eigenvalue weighted by atomic mass is 10.1. The zero-order valence-electron chi connectivity index (χ0n) is 17.2. The molecule has 162 valence electrons. The normalized spacial score (nSPS) is 10.5. The Bertz CT molecular complexity index is 1110. The summed E-state index contributed by atoms with van der Waals surface area (Å²) in [7, 11) is 0. The molecule has 0 aliphatic heterocycles. The molecule has 31 heavy (non-hydrogen) atoms. The van der Waals surface area contributed by atoms with Gasteiger partial charge in [0.25, 0.3) is 11.8 Å². The summed E-state index contributed by atoms with van der Waals surface area (Å²) >= 11 is 0.974. The summed E-state index contributed by atoms with van der Waals surface area (Å²) in [5.74, 6) is -0.383. The second-order valence-corrected chi connectivity index (χ2v) is 7.38. The second-order valence-electron chi connectivity index (χ2n) is 6.38. The highest BCUT2D eigenvalue weighted by Crippen LogP contribution is 2.19. The standard InChI is InChI=1S/C20H21N5O5S/c1-4-29-20(28)15-11(2)23-19(31-15)18(27)22-9-8-21-17(26)14-7-5-6-13(10-14)16-24-12(3)30-25-16/h5-7,10H,4,8-9H2,1-3H3,(H,21,26)(H,22,27). The van der Waals surface area contributed by atoms with Gasteiger partial charge < -0.3 is 19.9 Å². The first kappa shape index (κ1) is 22.1. The summed E-state index contributed by atoms with van der Waals surface area (Å²) in [5.41, 5.74) is 1.54. The van der Waals surface area contributed by atoms with Crippen LogP contribution < -0.4 is 10.6 Å². The van der Waals surface area contributed by atoms with Crippen LogP contribution >= 0.6 is 11.3 Å². The predicted octanol–water partition coefficient (Wildman–Crippen LogP) is 2.15. The van der Waals surface area contributed by atoms with Crippen LogP contribution in [0, 0.1) is 13.8 Å². The summed E-state index contributed by atoms with van der Waals surface area (Å²) in [6.45, 7) is 5.69. The number of ether oxygens (including phenoxy) is 1. The van der Waals surface area contributed by atoms with Gasteiger partial charge in [-0.1, -0.05) is 17.3 Å². The van der Waals surface area contributed by atoms with Crippen molar-refractivity contribution in [3.05, 3.63) is 51.3 Å². The largest absolute Gasteiger partial charge is 0.462 e. The van der Waals surface area contributed by atoms with E-state index in [1.54, 1.807) is 45.0 Å². The predicted molar refractivity (Wildman–Crippen MR) is 112 cm³/mol. The number of nitrogens with one attached hydrogen (secondary N) is 2. The highest BCUT2D eigenvalue weighted by Gasteiger charge is 2.20. The molecule has 0 aliphatic carbocycles. The van der Waals surface area contributed by atoms with Gasteiger partial charge in [-0.3, -0.25) is 9.59 Å². The minimum absolute atomic E-state index is 0.162. The van der Waals surface area contributed by atoms with E-state index in [0.717, 1.165) is 11.3 Å². The maximum absolute atomic E-state index is 12.4. The molecule has 1 aromatic carbocycles. The fraction of sp³-hybridized carbons (Fsp3) is 0.300. The van der Waals surface area contributed by atoms with E-state index in [1.807, 2.05) is 0 Å². The average Bonchev–Trinajstić information content (AvgIpc) is 3.37. The third-order valence-electron chi connectivity index (χ3n) is 4.06. The summed E-state index contributed by atoms with van der Waals surface area (Å²) < 4.78 is 9.91. The Hall–Kier alpha value is -3.60. The Kier molecular flexibility index (Phi) is 7.08. The quantitative estimate of drug-likeness (QED) is 0.399. The molecule has 0 saturated carbocycles. The number of hydrogen-bond acceptors (Lipinski definition) is 9. The van der Waals surface area contributed by atoms with Gasteiger partial charge in [0.05, 0.1) is 12.3 Å². The molecule has 3 aromatic rings. The summed E-state index contributed by atoms with van der Waals surface area (Å²) in [6, 6.07) is 6.83. The van der Waals surface area contributed by atoms with E-state index >= 15 is 0 Å². The summed E-state index contributed by atoms with van der Waals surface area (Å²) in [6.07, 6.45) is 0. The number of thiazole rings is 1. The summed E-state index contributed by atoms with van der Waals surface area (Å²) in [5, 5.41) is 9.40. The average molecular weight is 443 g/mol. The third kappa shape index (κ3) is 5.51. The van der Waals surface area contributed by atoms with Gasteiger partial charge in [0, 0.05) is 31.1 Å². The highest BCUT2D eigenvalue weighted by atomic mass is 32.1. The van der Waals surface area contributed by atoms with E-state index < -0.39 is 11.9 Å². The number of carbonyl (C=O) groups excluding carboxylic acids is 3. The highest BCUT2D eigenvalue weighted by molar-refractivity contribution is 7.15. The van der Waals surface area contributed by atoms with E-state index in [2.05, 4.69) is 25.8 Å². The van der Waals surface area contributed by atoms with Crippen molar-refractivity contribution in [1.29, 1.82) is 0 Å². The Morgan fingerprint density at radius 1 is 1.10 bits per heavy atom. The van der Waals surface area contributed by atoms with Crippen LogP contribution in [-0.2, 0) is 4.74 Å². The Balaban J connectivity index is 1.51. The number of nitrogens with zero attached hydrogens (tertiary/aromatic N) is 3. The zero-order chi connectivity index (χ0) is 22.4. The molecule has 2 aromatic heterocycles. The van der Waals surface area contributed by atoms with E-state index in [0.29, 0.717) is 33.4 Å². The van der Waals surface area contributed by atoms with E-state index in [9.17, 15) is 14.4 Å². The fourth-order valence-electron chi connectivity index (χ4n) is 2.63. The molecule has 2 heterocycles. The lowest BCUT2D eigenvalue weighted by molar-refractivity contribution is 0.0530. The molecule has 2 N–H and O–H groups in total. The lowest BCUT2D eigenvalue weighted by Crippen LogP contribution is -2.34. The monoisotopic (exact) mass is 443 g/mol. The minimum atomic E-state index is -0.498. The molecule has 2 amide bonds. The van der Waals surface area contributed by atoms with Gasteiger partial charge in [0.15, 0.2) is 5.01 Å². The Labute approximate surface area is 182 Å². The molecule has 0 saturated heterocycles. The summed E-state index contributed by atoms with van der Waals surface area (Å²) in [4.78, 5) is 45.0. The number of benzene rings is 1. The van der Waals surface area contributed by atoms with Crippen molar-refractivity contribution in [2.75, 3.05) is 19.7 Å². The fourth-order valence-corrected chi connectivity index (χ4v) is 3.50. The minimum Gasteiger partial charge on any atom is -0.462 e. The van der Waals surface area contributed by atoms with Crippen LogP contribution in [0.4, 0.5) is 0 Å². The van der Waals surface area contributed by atoms with E-state index in [-0.39, 0.29) is 30.6 Å². The van der Waals surface area contributed by atoms with Crippen molar-refractivity contribution in [3.8, 4) is 11.4 Å². The molecule has 0 radical (unpaired) electrons. The number of esters is 1. The number of aromatic nitrogens is 3. The number of hydrogen-bond donors (Lipinski definition) is 2. The van der Waals surface area contributed by atoms with Crippen molar-refractivity contribution < 1.29 is 23.6 Å². The second kappa shape index (κ2) is 9.94. The van der Waals surface area contributed by atoms with Crippen LogP contribution in [0.2, 0.25) is 0 Å². The molecular formula is C20H21N5O5S. The molecule has 0 spiro atoms. The van der Waals surface area contributed by atoms with Gasteiger partial charge >= 0.3 is 5.97 Å². The van der Waals surface area contributed by atoms with Gasteiger partial charge in [-0.15, -0.1) is 11.3 Å². The van der Waals surface area contributed by atoms with Crippen molar-refractivity contribution >= 4 is 29.1 Å². The molecule has 3 rings (SSSR count).